The average Bonchev–Trinajstić information content (AvgIpc) is 3.02. The van der Waals surface area contributed by atoms with E-state index in [1.54, 1.807) is 0 Å². The van der Waals surface area contributed by atoms with Gasteiger partial charge in [-0.15, -0.1) is 0 Å². The Labute approximate surface area is 191 Å². The van der Waals surface area contributed by atoms with E-state index in [-0.39, 0.29) is 11.5 Å². The zero-order chi connectivity index (χ0) is 23.0. The highest BCUT2D eigenvalue weighted by Crippen LogP contribution is 2.37. The fourth-order valence-electron chi connectivity index (χ4n) is 3.84. The molecule has 1 aliphatic carbocycles. The third-order valence-corrected chi connectivity index (χ3v) is 5.95. The Hall–Kier alpha value is -2.93. The summed E-state index contributed by atoms with van der Waals surface area (Å²) in [5.74, 6) is 1.67. The molecule has 172 valence electrons. The number of aliphatic imine (C=N–C) groups is 1. The molecule has 0 fully saturated rings. The summed E-state index contributed by atoms with van der Waals surface area (Å²) < 4.78 is 6.48. The van der Waals surface area contributed by atoms with Gasteiger partial charge in [0.25, 0.3) is 0 Å². The lowest BCUT2D eigenvalue weighted by molar-refractivity contribution is 0.0296. The maximum absolute atomic E-state index is 6.48. The van der Waals surface area contributed by atoms with E-state index >= 15 is 0 Å². The number of ether oxygens (including phenoxy) is 1. The molecule has 0 radical (unpaired) electrons. The van der Waals surface area contributed by atoms with Gasteiger partial charge in [-0.25, -0.2) is 4.99 Å². The number of pyridine rings is 1. The molecule has 3 rings (SSSR count). The number of aromatic nitrogens is 1. The monoisotopic (exact) mass is 437 g/mol. The maximum Gasteiger partial charge on any atom is 0.169 e. The van der Waals surface area contributed by atoms with E-state index in [4.69, 9.17) is 15.3 Å². The summed E-state index contributed by atoms with van der Waals surface area (Å²) in [7, 11) is 0. The molecule has 0 bridgehead atoms. The van der Waals surface area contributed by atoms with Crippen LogP contribution in [0.15, 0.2) is 52.4 Å². The van der Waals surface area contributed by atoms with E-state index in [1.807, 2.05) is 32.2 Å². The summed E-state index contributed by atoms with van der Waals surface area (Å²) >= 11 is 0. The van der Waals surface area contributed by atoms with Crippen LogP contribution in [-0.4, -0.2) is 36.4 Å². The Morgan fingerprint density at radius 2 is 2.25 bits per heavy atom. The normalized spacial score (nSPS) is 20.7. The minimum Gasteiger partial charge on any atom is -0.485 e. The lowest BCUT2D eigenvalue weighted by Crippen LogP contribution is -2.41. The van der Waals surface area contributed by atoms with Crippen LogP contribution in [0.25, 0.3) is 5.57 Å². The highest BCUT2D eigenvalue weighted by Gasteiger charge is 2.34. The van der Waals surface area contributed by atoms with Crippen LogP contribution in [0.4, 0.5) is 0 Å². The zero-order valence-corrected chi connectivity index (χ0v) is 19.4. The summed E-state index contributed by atoms with van der Waals surface area (Å²) in [6.45, 7) is 10.8. The molecule has 1 atom stereocenters. The second kappa shape index (κ2) is 11.1. The van der Waals surface area contributed by atoms with Crippen LogP contribution >= 0.6 is 0 Å². The summed E-state index contributed by atoms with van der Waals surface area (Å²) in [6, 6.07) is 2.14. The lowest BCUT2D eigenvalue weighted by atomic mass is 9.86. The summed E-state index contributed by atoms with van der Waals surface area (Å²) in [5.41, 5.74) is 9.81. The first kappa shape index (κ1) is 23.7. The van der Waals surface area contributed by atoms with Gasteiger partial charge in [0.1, 0.15) is 11.4 Å². The van der Waals surface area contributed by atoms with Gasteiger partial charge in [-0.3, -0.25) is 10.3 Å². The van der Waals surface area contributed by atoms with Gasteiger partial charge in [-0.2, -0.15) is 0 Å². The van der Waals surface area contributed by atoms with Crippen molar-refractivity contribution in [2.24, 2.45) is 21.8 Å². The van der Waals surface area contributed by atoms with Crippen molar-refractivity contribution in [1.82, 2.24) is 10.3 Å². The molecule has 1 unspecified atom stereocenters. The Kier molecular flexibility index (Phi) is 8.22. The molecular weight excluding hydrogens is 402 g/mol. The number of aryl methyl sites for hydroxylation is 1. The molecule has 2 aliphatic rings. The molecule has 1 aromatic heterocycles. The number of fused-ring (bicyclic) bond motifs is 1. The number of hydrogen-bond donors (Lipinski definition) is 2. The fourth-order valence-corrected chi connectivity index (χ4v) is 3.84. The SMILES string of the molecule is C=N/C(=N\OCNCCC1(CC)CCc2cc(C3=CC=C(N)CC=C3)ncc2O1)C(C)C. The molecule has 0 aromatic carbocycles. The molecule has 0 saturated heterocycles. The number of nitrogens with two attached hydrogens (primary N) is 1. The predicted octanol–water partition coefficient (Wildman–Crippen LogP) is 4.37. The smallest absolute Gasteiger partial charge is 0.169 e. The highest BCUT2D eigenvalue weighted by atomic mass is 16.6. The second-order valence-corrected chi connectivity index (χ2v) is 8.57. The van der Waals surface area contributed by atoms with Crippen LogP contribution in [0, 0.1) is 5.92 Å². The molecule has 0 saturated carbocycles. The maximum atomic E-state index is 6.48. The average molecular weight is 438 g/mol. The van der Waals surface area contributed by atoms with Crippen molar-refractivity contribution in [3.63, 3.8) is 0 Å². The molecule has 2 heterocycles. The number of rotatable bonds is 9. The van der Waals surface area contributed by atoms with Gasteiger partial charge in [-0.1, -0.05) is 44.2 Å². The van der Waals surface area contributed by atoms with Crippen LogP contribution < -0.4 is 15.8 Å². The summed E-state index contributed by atoms with van der Waals surface area (Å²) in [5, 5.41) is 7.29. The summed E-state index contributed by atoms with van der Waals surface area (Å²) in [4.78, 5) is 13.9. The van der Waals surface area contributed by atoms with E-state index in [0.29, 0.717) is 12.6 Å². The summed E-state index contributed by atoms with van der Waals surface area (Å²) in [6.07, 6.45) is 14.5. The highest BCUT2D eigenvalue weighted by molar-refractivity contribution is 5.87. The standard InChI is InChI=1S/C25H35N5O2/c1-5-25(13-14-28-17-31-30-24(27-4)18(2)3)12-11-20-15-22(29-16-23(20)32-25)19-7-6-8-21(26)10-9-19/h6-7,9-10,15-16,18,28H,4-5,8,11-14,17,26H2,1-3H3/b30-24-. The molecule has 7 nitrogen and oxygen atoms in total. The zero-order valence-electron chi connectivity index (χ0n) is 19.4. The van der Waals surface area contributed by atoms with Gasteiger partial charge < -0.3 is 15.3 Å². The number of oxime groups is 1. The van der Waals surface area contributed by atoms with E-state index in [9.17, 15) is 0 Å². The van der Waals surface area contributed by atoms with Crippen LogP contribution in [0.1, 0.15) is 57.7 Å². The van der Waals surface area contributed by atoms with Crippen molar-refractivity contribution in [2.75, 3.05) is 13.3 Å². The van der Waals surface area contributed by atoms with Crippen LogP contribution in [0.5, 0.6) is 5.75 Å². The van der Waals surface area contributed by atoms with Gasteiger partial charge in [0.15, 0.2) is 12.6 Å². The van der Waals surface area contributed by atoms with Crippen molar-refractivity contribution in [3.8, 4) is 5.75 Å². The van der Waals surface area contributed by atoms with Gasteiger partial charge in [0.05, 0.1) is 11.9 Å². The van der Waals surface area contributed by atoms with E-state index in [1.165, 1.54) is 5.56 Å². The number of nitrogens with zero attached hydrogens (tertiary/aromatic N) is 3. The molecule has 0 spiro atoms. The Bertz CT molecular complexity index is 932. The first-order valence-electron chi connectivity index (χ1n) is 11.3. The van der Waals surface area contributed by atoms with Crippen LogP contribution in [-0.2, 0) is 11.3 Å². The van der Waals surface area contributed by atoms with Crippen LogP contribution in [0.3, 0.4) is 0 Å². The second-order valence-electron chi connectivity index (χ2n) is 8.57. The predicted molar refractivity (Wildman–Crippen MR) is 131 cm³/mol. The van der Waals surface area contributed by atoms with E-state index < -0.39 is 0 Å². The van der Waals surface area contributed by atoms with Crippen molar-refractivity contribution >= 4 is 18.1 Å². The lowest BCUT2D eigenvalue weighted by Gasteiger charge is -2.38. The van der Waals surface area contributed by atoms with Crippen molar-refractivity contribution in [2.45, 2.75) is 58.5 Å². The van der Waals surface area contributed by atoms with E-state index in [0.717, 1.165) is 61.4 Å². The molecule has 32 heavy (non-hydrogen) atoms. The van der Waals surface area contributed by atoms with Crippen molar-refractivity contribution in [1.29, 1.82) is 0 Å². The number of nitrogens with one attached hydrogen (secondary N) is 1. The topological polar surface area (TPSA) is 94.1 Å². The Balaban J connectivity index is 1.57. The van der Waals surface area contributed by atoms with Gasteiger partial charge in [-0.05, 0) is 55.7 Å². The Morgan fingerprint density at radius 3 is 3.00 bits per heavy atom. The largest absolute Gasteiger partial charge is 0.485 e. The molecular formula is C25H35N5O2. The minimum absolute atomic E-state index is 0.185. The number of allylic oxidation sites excluding steroid dienone is 5. The quantitative estimate of drug-likeness (QED) is 0.197. The van der Waals surface area contributed by atoms with E-state index in [2.05, 4.69) is 52.3 Å². The minimum atomic E-state index is -0.198. The third kappa shape index (κ3) is 6.07. The number of amidine groups is 1. The molecule has 1 aromatic rings. The van der Waals surface area contributed by atoms with Crippen molar-refractivity contribution in [3.05, 3.63) is 53.5 Å². The third-order valence-electron chi connectivity index (χ3n) is 5.95. The first-order chi connectivity index (χ1) is 15.5. The molecule has 3 N–H and O–H groups in total. The number of hydrogen-bond acceptors (Lipinski definition) is 6. The van der Waals surface area contributed by atoms with Crippen LogP contribution in [0.2, 0.25) is 0 Å². The van der Waals surface area contributed by atoms with Gasteiger partial charge >= 0.3 is 0 Å². The fraction of sp³-hybridized carbons (Fsp3) is 0.480. The van der Waals surface area contributed by atoms with Crippen molar-refractivity contribution < 1.29 is 9.57 Å². The molecule has 0 amide bonds. The molecule has 7 heteroatoms. The first-order valence-corrected chi connectivity index (χ1v) is 11.3. The van der Waals surface area contributed by atoms with Gasteiger partial charge in [0, 0.05) is 24.6 Å². The van der Waals surface area contributed by atoms with Gasteiger partial charge in [0.2, 0.25) is 0 Å². The Morgan fingerprint density at radius 1 is 1.41 bits per heavy atom. The molecule has 1 aliphatic heterocycles.